The maximum atomic E-state index is 13.4. The van der Waals surface area contributed by atoms with E-state index in [-0.39, 0.29) is 54.9 Å². The first-order valence-corrected chi connectivity index (χ1v) is 15.6. The van der Waals surface area contributed by atoms with Gasteiger partial charge in [0, 0.05) is 44.0 Å². The molecule has 1 aliphatic rings. The highest BCUT2D eigenvalue weighted by atomic mass is 16.7. The number of nitrogens with zero attached hydrogens (tertiary/aromatic N) is 1. The van der Waals surface area contributed by atoms with Crippen molar-refractivity contribution in [2.24, 2.45) is 0 Å². The normalized spacial score (nSPS) is 15.9. The van der Waals surface area contributed by atoms with Gasteiger partial charge in [-0.05, 0) is 87.2 Å². The van der Waals surface area contributed by atoms with E-state index in [4.69, 9.17) is 23.7 Å². The smallest absolute Gasteiger partial charge is 0.407 e. The topological polar surface area (TPSA) is 167 Å². The van der Waals surface area contributed by atoms with E-state index in [1.807, 2.05) is 0 Å². The Morgan fingerprint density at radius 2 is 1.45 bits per heavy atom. The highest BCUT2D eigenvalue weighted by Gasteiger charge is 2.34. The summed E-state index contributed by atoms with van der Waals surface area (Å²) >= 11 is 0. The molecule has 0 unspecified atom stereocenters. The maximum absolute atomic E-state index is 13.4. The Morgan fingerprint density at radius 3 is 2.06 bits per heavy atom. The van der Waals surface area contributed by atoms with Crippen LogP contribution in [0.3, 0.4) is 0 Å². The van der Waals surface area contributed by atoms with Gasteiger partial charge in [-0.15, -0.1) is 0 Å². The zero-order valence-corrected chi connectivity index (χ0v) is 28.1. The van der Waals surface area contributed by atoms with Crippen LogP contribution in [0.1, 0.15) is 77.9 Å². The van der Waals surface area contributed by atoms with Gasteiger partial charge in [-0.2, -0.15) is 0 Å². The predicted octanol–water partition coefficient (Wildman–Crippen LogP) is 4.80. The van der Waals surface area contributed by atoms with E-state index in [1.54, 1.807) is 32.0 Å². The van der Waals surface area contributed by atoms with Crippen LogP contribution < -0.4 is 14.8 Å². The Hall–Kier alpha value is -5.27. The fourth-order valence-corrected chi connectivity index (χ4v) is 5.56. The molecular weight excluding hydrogens is 636 g/mol. The minimum absolute atomic E-state index is 0.0478. The van der Waals surface area contributed by atoms with E-state index in [0.29, 0.717) is 40.8 Å². The third kappa shape index (κ3) is 9.21. The van der Waals surface area contributed by atoms with Gasteiger partial charge in [0.2, 0.25) is 0 Å². The molecular formula is C36H40N2O11. The standard InChI is InChI=1S/C36H40N2O11/c1-21-15-27(16-22(2)33(21)48-20-46-5)34(41)37-29-18-38(36(43)44)14-6-7-31(29)49-35(42)25-10-8-24(9-11-25)32(40)28-17-26(23(3)39)12-13-30(28)47-19-45-4/h8-13,15-17,29,31H,6-7,14,18-20H2,1-5H3,(H,37,41)(H,43,44)/t29-,31-/m1/s1. The number of hydrogen-bond acceptors (Lipinski definition) is 10. The van der Waals surface area contributed by atoms with Crippen molar-refractivity contribution < 1.29 is 52.8 Å². The number of ketones is 2. The number of Topliss-reactive ketones (excluding diaryl/α,β-unsaturated/α-hetero) is 1. The van der Waals surface area contributed by atoms with Crippen molar-refractivity contribution in [3.05, 3.63) is 93.5 Å². The Kier molecular flexibility index (Phi) is 12.5. The fraction of sp³-hybridized carbons (Fsp3) is 0.361. The maximum Gasteiger partial charge on any atom is 0.407 e. The Morgan fingerprint density at radius 1 is 0.837 bits per heavy atom. The summed E-state index contributed by atoms with van der Waals surface area (Å²) in [7, 11) is 2.95. The lowest BCUT2D eigenvalue weighted by Crippen LogP contribution is -2.51. The molecule has 1 aliphatic heterocycles. The molecule has 260 valence electrons. The van der Waals surface area contributed by atoms with Crippen molar-refractivity contribution in [2.45, 2.75) is 45.8 Å². The molecule has 1 saturated heterocycles. The highest BCUT2D eigenvalue weighted by molar-refractivity contribution is 6.12. The molecule has 0 bridgehead atoms. The van der Waals surface area contributed by atoms with Crippen LogP contribution in [0.25, 0.3) is 0 Å². The van der Waals surface area contributed by atoms with Crippen LogP contribution in [0.4, 0.5) is 4.79 Å². The second kappa shape index (κ2) is 16.7. The number of methoxy groups -OCH3 is 2. The number of benzene rings is 3. The number of rotatable bonds is 13. The van der Waals surface area contributed by atoms with Crippen LogP contribution in [0.5, 0.6) is 11.5 Å². The lowest BCUT2D eigenvalue weighted by molar-refractivity contribution is 0.0178. The number of amides is 2. The molecule has 2 N–H and O–H groups in total. The van der Waals surface area contributed by atoms with Crippen molar-refractivity contribution in [1.82, 2.24) is 10.2 Å². The van der Waals surface area contributed by atoms with Crippen molar-refractivity contribution in [3.8, 4) is 11.5 Å². The SMILES string of the molecule is COCOc1ccc(C(C)=O)cc1C(=O)c1ccc(C(=O)O[C@@H]2CCCN(C(=O)O)C[C@H]2NC(=O)c2cc(C)c(OCOC)c(C)c2)cc1. The molecule has 4 rings (SSSR count). The molecule has 1 fully saturated rings. The summed E-state index contributed by atoms with van der Waals surface area (Å²) in [4.78, 5) is 65.3. The Labute approximate surface area is 284 Å². The predicted molar refractivity (Wildman–Crippen MR) is 177 cm³/mol. The van der Waals surface area contributed by atoms with Crippen molar-refractivity contribution in [2.75, 3.05) is 40.9 Å². The molecule has 0 saturated carbocycles. The molecule has 0 aromatic heterocycles. The Balaban J connectivity index is 1.53. The second-order valence-corrected chi connectivity index (χ2v) is 11.6. The molecule has 49 heavy (non-hydrogen) atoms. The third-order valence-electron chi connectivity index (χ3n) is 8.02. The number of ether oxygens (including phenoxy) is 5. The third-order valence-corrected chi connectivity index (χ3v) is 8.02. The zero-order valence-electron chi connectivity index (χ0n) is 28.1. The lowest BCUT2D eigenvalue weighted by Gasteiger charge is -2.28. The van der Waals surface area contributed by atoms with E-state index in [9.17, 15) is 29.1 Å². The zero-order chi connectivity index (χ0) is 35.7. The van der Waals surface area contributed by atoms with E-state index < -0.39 is 35.9 Å². The van der Waals surface area contributed by atoms with Gasteiger partial charge in [-0.1, -0.05) is 12.1 Å². The van der Waals surface area contributed by atoms with Gasteiger partial charge in [0.25, 0.3) is 5.91 Å². The summed E-state index contributed by atoms with van der Waals surface area (Å²) in [6, 6.07) is 12.8. The van der Waals surface area contributed by atoms with Gasteiger partial charge in [0.15, 0.2) is 25.2 Å². The first-order chi connectivity index (χ1) is 23.4. The number of nitrogens with one attached hydrogen (secondary N) is 1. The summed E-state index contributed by atoms with van der Waals surface area (Å²) in [5, 5.41) is 12.6. The Bertz CT molecular complexity index is 1680. The van der Waals surface area contributed by atoms with Gasteiger partial charge >= 0.3 is 12.1 Å². The minimum atomic E-state index is -1.15. The monoisotopic (exact) mass is 676 g/mol. The van der Waals surface area contributed by atoms with Gasteiger partial charge in [-0.25, -0.2) is 9.59 Å². The van der Waals surface area contributed by atoms with Crippen LogP contribution in [0, 0.1) is 13.8 Å². The summed E-state index contributed by atoms with van der Waals surface area (Å²) in [5.74, 6) is -1.00. The van der Waals surface area contributed by atoms with Crippen LogP contribution in [-0.4, -0.2) is 92.6 Å². The number of carbonyl (C=O) groups excluding carboxylic acids is 4. The van der Waals surface area contributed by atoms with E-state index >= 15 is 0 Å². The number of carbonyl (C=O) groups is 5. The number of hydrogen-bond donors (Lipinski definition) is 2. The average molecular weight is 677 g/mol. The second-order valence-electron chi connectivity index (χ2n) is 11.6. The molecule has 0 spiro atoms. The molecule has 0 radical (unpaired) electrons. The van der Waals surface area contributed by atoms with E-state index in [1.165, 1.54) is 62.4 Å². The van der Waals surface area contributed by atoms with Crippen molar-refractivity contribution in [1.29, 1.82) is 0 Å². The number of likely N-dealkylation sites (tertiary alicyclic amines) is 1. The van der Waals surface area contributed by atoms with Crippen LogP contribution >= 0.6 is 0 Å². The minimum Gasteiger partial charge on any atom is -0.467 e. The summed E-state index contributed by atoms with van der Waals surface area (Å²) < 4.78 is 27.0. The molecule has 13 nitrogen and oxygen atoms in total. The van der Waals surface area contributed by atoms with E-state index in [0.717, 1.165) is 0 Å². The first-order valence-electron chi connectivity index (χ1n) is 15.6. The summed E-state index contributed by atoms with van der Waals surface area (Å²) in [6.07, 6.45) is -1.29. The lowest BCUT2D eigenvalue weighted by atomic mass is 9.98. The van der Waals surface area contributed by atoms with Gasteiger partial charge in [-0.3, -0.25) is 14.4 Å². The molecule has 13 heteroatoms. The largest absolute Gasteiger partial charge is 0.467 e. The quantitative estimate of drug-likeness (QED) is 0.145. The van der Waals surface area contributed by atoms with E-state index in [2.05, 4.69) is 5.32 Å². The van der Waals surface area contributed by atoms with Crippen LogP contribution in [-0.2, 0) is 14.2 Å². The fourth-order valence-electron chi connectivity index (χ4n) is 5.56. The van der Waals surface area contributed by atoms with Crippen LogP contribution in [0.2, 0.25) is 0 Å². The first kappa shape index (κ1) is 36.6. The number of aryl methyl sites for hydroxylation is 2. The van der Waals surface area contributed by atoms with Gasteiger partial charge in [0.1, 0.15) is 17.6 Å². The number of carboxylic acid groups (broad SMARTS) is 1. The summed E-state index contributed by atoms with van der Waals surface area (Å²) in [5.41, 5.74) is 2.63. The molecule has 3 aromatic carbocycles. The van der Waals surface area contributed by atoms with Crippen molar-refractivity contribution >= 4 is 29.5 Å². The number of esters is 1. The molecule has 3 aromatic rings. The van der Waals surface area contributed by atoms with Gasteiger partial charge in [0.05, 0.1) is 17.2 Å². The molecule has 2 atom stereocenters. The molecule has 1 heterocycles. The average Bonchev–Trinajstić information content (AvgIpc) is 3.28. The molecule has 2 amide bonds. The molecule has 0 aliphatic carbocycles. The highest BCUT2D eigenvalue weighted by Crippen LogP contribution is 2.27. The summed E-state index contributed by atoms with van der Waals surface area (Å²) in [6.45, 7) is 5.05. The van der Waals surface area contributed by atoms with Gasteiger partial charge < -0.3 is 39.0 Å². The van der Waals surface area contributed by atoms with Crippen molar-refractivity contribution in [3.63, 3.8) is 0 Å². The van der Waals surface area contributed by atoms with Crippen LogP contribution in [0.15, 0.2) is 54.6 Å².